The van der Waals surface area contributed by atoms with Gasteiger partial charge in [0, 0.05) is 25.5 Å². The number of carbonyl (C=O) groups excluding carboxylic acids is 1. The van der Waals surface area contributed by atoms with Gasteiger partial charge in [0.25, 0.3) is 0 Å². The van der Waals surface area contributed by atoms with E-state index in [1.807, 2.05) is 4.90 Å². The fourth-order valence-corrected chi connectivity index (χ4v) is 4.00. The molecule has 1 saturated heterocycles. The van der Waals surface area contributed by atoms with Gasteiger partial charge in [0.1, 0.15) is 5.82 Å². The molecule has 1 aromatic heterocycles. The summed E-state index contributed by atoms with van der Waals surface area (Å²) in [4.78, 5) is 33.1. The lowest BCUT2D eigenvalue weighted by Gasteiger charge is -2.50. The normalized spacial score (nSPS) is 27.8. The van der Waals surface area contributed by atoms with Crippen molar-refractivity contribution in [3.63, 3.8) is 0 Å². The maximum atomic E-state index is 12.5. The Labute approximate surface area is 141 Å². The van der Waals surface area contributed by atoms with Gasteiger partial charge in [-0.15, -0.1) is 0 Å². The molecule has 130 valence electrons. The van der Waals surface area contributed by atoms with Gasteiger partial charge in [0.2, 0.25) is 0 Å². The second kappa shape index (κ2) is 5.72. The van der Waals surface area contributed by atoms with Gasteiger partial charge < -0.3 is 15.3 Å². The number of hydrogen-bond acceptors (Lipinski definition) is 4. The molecule has 7 nitrogen and oxygen atoms in total. The molecule has 3 rings (SSSR count). The molecule has 2 fully saturated rings. The van der Waals surface area contributed by atoms with E-state index in [0.717, 1.165) is 19.5 Å². The van der Waals surface area contributed by atoms with Crippen LogP contribution in [-0.4, -0.2) is 45.1 Å². The highest BCUT2D eigenvalue weighted by Gasteiger charge is 2.56. The molecule has 1 saturated carbocycles. The Morgan fingerprint density at radius 1 is 1.33 bits per heavy atom. The van der Waals surface area contributed by atoms with Crippen molar-refractivity contribution in [3.05, 3.63) is 23.8 Å². The fraction of sp³-hybridized carbons (Fsp3) is 0.647. The van der Waals surface area contributed by atoms with Crippen LogP contribution in [0.4, 0.5) is 4.79 Å². The molecule has 2 N–H and O–H groups in total. The Morgan fingerprint density at radius 2 is 2.00 bits per heavy atom. The van der Waals surface area contributed by atoms with E-state index in [-0.39, 0.29) is 29.0 Å². The molecule has 7 heteroatoms. The first-order valence-corrected chi connectivity index (χ1v) is 8.30. The number of aromatic nitrogens is 2. The predicted molar refractivity (Wildman–Crippen MR) is 87.4 cm³/mol. The summed E-state index contributed by atoms with van der Waals surface area (Å²) >= 11 is 0. The molecule has 2 amide bonds. The zero-order valence-corrected chi connectivity index (χ0v) is 14.4. The van der Waals surface area contributed by atoms with Crippen LogP contribution in [0.25, 0.3) is 0 Å². The maximum Gasteiger partial charge on any atom is 0.338 e. The van der Waals surface area contributed by atoms with Crippen molar-refractivity contribution >= 4 is 12.0 Å². The topological polar surface area (TPSA) is 95.4 Å². The number of carboxylic acids is 1. The van der Waals surface area contributed by atoms with E-state index in [0.29, 0.717) is 11.7 Å². The molecule has 2 bridgehead atoms. The van der Waals surface area contributed by atoms with Gasteiger partial charge in [0.15, 0.2) is 0 Å². The van der Waals surface area contributed by atoms with Crippen molar-refractivity contribution in [2.75, 3.05) is 13.1 Å². The average Bonchev–Trinajstić information content (AvgIpc) is 2.69. The number of fused-ring (bicyclic) bond motifs is 2. The summed E-state index contributed by atoms with van der Waals surface area (Å²) in [6.07, 6.45) is 4.84. The van der Waals surface area contributed by atoms with Gasteiger partial charge in [-0.25, -0.2) is 19.6 Å². The van der Waals surface area contributed by atoms with Gasteiger partial charge in [0.05, 0.1) is 12.1 Å². The van der Waals surface area contributed by atoms with Crippen LogP contribution in [0.15, 0.2) is 12.4 Å². The summed E-state index contributed by atoms with van der Waals surface area (Å²) < 4.78 is 0. The number of carboxylic acid groups (broad SMARTS) is 1. The molecule has 0 aromatic carbocycles. The summed E-state index contributed by atoms with van der Waals surface area (Å²) in [5.41, 5.74) is 0.458. The Bertz CT molecular complexity index is 658. The molecule has 2 atom stereocenters. The first-order chi connectivity index (χ1) is 11.2. The van der Waals surface area contributed by atoms with Crippen LogP contribution in [-0.2, 0) is 6.54 Å². The van der Waals surface area contributed by atoms with Crippen LogP contribution in [0.3, 0.4) is 0 Å². The maximum absolute atomic E-state index is 12.5. The Balaban J connectivity index is 1.59. The summed E-state index contributed by atoms with van der Waals surface area (Å²) in [5, 5.41) is 11.7. The zero-order valence-electron chi connectivity index (χ0n) is 14.4. The minimum atomic E-state index is -1.06. The molecular formula is C17H24N4O3. The van der Waals surface area contributed by atoms with Gasteiger partial charge in [-0.2, -0.15) is 0 Å². The number of carbonyl (C=O) groups is 2. The average molecular weight is 332 g/mol. The van der Waals surface area contributed by atoms with Crippen LogP contribution >= 0.6 is 0 Å². The predicted octanol–water partition coefficient (Wildman–Crippen LogP) is 2.14. The number of piperidine rings is 1. The number of nitrogens with zero attached hydrogens (tertiary/aromatic N) is 3. The smallest absolute Gasteiger partial charge is 0.338 e. The van der Waals surface area contributed by atoms with E-state index in [1.54, 1.807) is 0 Å². The van der Waals surface area contributed by atoms with Crippen LogP contribution in [0.2, 0.25) is 0 Å². The highest BCUT2D eigenvalue weighted by Crippen LogP contribution is 2.58. The zero-order chi connectivity index (χ0) is 17.5. The SMILES string of the molecule is CC1(C)[C@@H]2CC[C@@]1(C)CN(C(=O)NCc1ncc(C(=O)O)cn1)C2. The quantitative estimate of drug-likeness (QED) is 0.884. The van der Waals surface area contributed by atoms with E-state index < -0.39 is 5.97 Å². The second-order valence-electron chi connectivity index (χ2n) is 7.75. The lowest BCUT2D eigenvalue weighted by molar-refractivity contribution is -0.000129. The lowest BCUT2D eigenvalue weighted by Crippen LogP contribution is -2.55. The summed E-state index contributed by atoms with van der Waals surface area (Å²) in [7, 11) is 0. The standard InChI is InChI=1S/C17H24N4O3/c1-16(2)12-4-5-17(16,3)10-21(9-12)15(24)20-8-13-18-6-11(7-19-13)14(22)23/h6-7,12H,4-5,8-10H2,1-3H3,(H,20,24)(H,22,23)/t12-,17+/m1/s1. The van der Waals surface area contributed by atoms with Crippen LogP contribution in [0.1, 0.15) is 49.8 Å². The number of aromatic carboxylic acids is 1. The number of likely N-dealkylation sites (tertiary alicyclic amines) is 1. The first-order valence-electron chi connectivity index (χ1n) is 8.30. The Kier molecular flexibility index (Phi) is 3.97. The van der Waals surface area contributed by atoms with Gasteiger partial charge >= 0.3 is 12.0 Å². The minimum Gasteiger partial charge on any atom is -0.478 e. The summed E-state index contributed by atoms with van der Waals surface area (Å²) in [6, 6.07) is -0.102. The van der Waals surface area contributed by atoms with Crippen molar-refractivity contribution < 1.29 is 14.7 Å². The third-order valence-electron chi connectivity index (χ3n) is 6.24. The molecular weight excluding hydrogens is 308 g/mol. The molecule has 24 heavy (non-hydrogen) atoms. The highest BCUT2D eigenvalue weighted by atomic mass is 16.4. The largest absolute Gasteiger partial charge is 0.478 e. The van der Waals surface area contributed by atoms with Crippen LogP contribution in [0, 0.1) is 16.7 Å². The van der Waals surface area contributed by atoms with Gasteiger partial charge in [-0.1, -0.05) is 20.8 Å². The van der Waals surface area contributed by atoms with Gasteiger partial charge in [-0.3, -0.25) is 0 Å². The molecule has 1 aromatic rings. The van der Waals surface area contributed by atoms with Crippen molar-refractivity contribution in [3.8, 4) is 0 Å². The molecule has 2 heterocycles. The van der Waals surface area contributed by atoms with Crippen LogP contribution in [0.5, 0.6) is 0 Å². The minimum absolute atomic E-state index is 0.0350. The van der Waals surface area contributed by atoms with E-state index >= 15 is 0 Å². The monoisotopic (exact) mass is 332 g/mol. The van der Waals surface area contributed by atoms with Crippen molar-refractivity contribution in [1.29, 1.82) is 0 Å². The van der Waals surface area contributed by atoms with E-state index in [9.17, 15) is 9.59 Å². The third-order valence-corrected chi connectivity index (χ3v) is 6.24. The Hall–Kier alpha value is -2.18. The summed E-state index contributed by atoms with van der Waals surface area (Å²) in [6.45, 7) is 8.66. The van der Waals surface area contributed by atoms with Crippen LogP contribution < -0.4 is 5.32 Å². The van der Waals surface area contributed by atoms with Crippen molar-refractivity contribution in [1.82, 2.24) is 20.2 Å². The van der Waals surface area contributed by atoms with Crippen molar-refractivity contribution in [2.24, 2.45) is 16.7 Å². The molecule has 0 unspecified atom stereocenters. The molecule has 2 aliphatic rings. The number of amides is 2. The number of nitrogens with one attached hydrogen (secondary N) is 1. The second-order valence-corrected chi connectivity index (χ2v) is 7.75. The number of rotatable bonds is 3. The number of urea groups is 1. The molecule has 0 spiro atoms. The Morgan fingerprint density at radius 3 is 2.58 bits per heavy atom. The fourth-order valence-electron chi connectivity index (χ4n) is 4.00. The summed E-state index contributed by atoms with van der Waals surface area (Å²) in [5.74, 6) is -0.127. The van der Waals surface area contributed by atoms with E-state index in [1.165, 1.54) is 18.8 Å². The third kappa shape index (κ3) is 2.72. The molecule has 1 aliphatic carbocycles. The molecule has 0 radical (unpaired) electrons. The molecule has 1 aliphatic heterocycles. The van der Waals surface area contributed by atoms with E-state index in [2.05, 4.69) is 36.1 Å². The van der Waals surface area contributed by atoms with E-state index in [4.69, 9.17) is 5.11 Å². The number of hydrogen-bond donors (Lipinski definition) is 2. The highest BCUT2D eigenvalue weighted by molar-refractivity contribution is 5.86. The van der Waals surface area contributed by atoms with Gasteiger partial charge in [-0.05, 0) is 29.6 Å². The first kappa shape index (κ1) is 16.7. The lowest BCUT2D eigenvalue weighted by atomic mass is 9.63. The van der Waals surface area contributed by atoms with Crippen molar-refractivity contribution in [2.45, 2.75) is 40.2 Å².